The predicted octanol–water partition coefficient (Wildman–Crippen LogP) is 2.73. The molecule has 0 aliphatic rings. The van der Waals surface area contributed by atoms with E-state index in [9.17, 15) is 4.79 Å². The minimum Gasteiger partial charge on any atom is -0.496 e. The van der Waals surface area contributed by atoms with E-state index in [1.165, 1.54) is 18.4 Å². The second kappa shape index (κ2) is 4.55. The van der Waals surface area contributed by atoms with Crippen LogP contribution in [-0.2, 0) is 4.74 Å². The number of ether oxygens (including phenoxy) is 2. The van der Waals surface area contributed by atoms with Crippen LogP contribution in [0.15, 0.2) is 18.8 Å². The molecule has 0 N–H and O–H groups in total. The van der Waals surface area contributed by atoms with Gasteiger partial charge < -0.3 is 9.47 Å². The number of carbonyl (C=O) groups is 1. The zero-order chi connectivity index (χ0) is 12.4. The molecule has 0 atom stereocenters. The first-order valence-electron chi connectivity index (χ1n) is 4.89. The topological polar surface area (TPSA) is 48.4 Å². The van der Waals surface area contributed by atoms with Crippen molar-refractivity contribution in [3.05, 3.63) is 29.3 Å². The molecule has 0 aliphatic heterocycles. The van der Waals surface area contributed by atoms with Crippen LogP contribution in [0.5, 0.6) is 5.75 Å². The van der Waals surface area contributed by atoms with E-state index < -0.39 is 0 Å². The molecule has 4 nitrogen and oxygen atoms in total. The van der Waals surface area contributed by atoms with Crippen molar-refractivity contribution in [1.82, 2.24) is 4.98 Å². The van der Waals surface area contributed by atoms with Gasteiger partial charge in [0.25, 0.3) is 0 Å². The Morgan fingerprint density at radius 2 is 2.29 bits per heavy atom. The molecule has 0 unspecified atom stereocenters. The quantitative estimate of drug-likeness (QED) is 0.785. The van der Waals surface area contributed by atoms with Crippen LogP contribution < -0.4 is 4.74 Å². The first-order valence-corrected chi connectivity index (χ1v) is 5.70. The van der Waals surface area contributed by atoms with Crippen molar-refractivity contribution in [1.29, 1.82) is 0 Å². The monoisotopic (exact) mass is 249 g/mol. The third kappa shape index (κ3) is 1.78. The number of rotatable bonds is 3. The van der Waals surface area contributed by atoms with Gasteiger partial charge in [0.05, 0.1) is 19.6 Å². The van der Waals surface area contributed by atoms with E-state index in [1.807, 2.05) is 0 Å². The average molecular weight is 249 g/mol. The average Bonchev–Trinajstić information content (AvgIpc) is 2.75. The summed E-state index contributed by atoms with van der Waals surface area (Å²) in [6.45, 7) is 3.72. The smallest absolute Gasteiger partial charge is 0.348 e. The molecule has 0 aromatic carbocycles. The summed E-state index contributed by atoms with van der Waals surface area (Å²) in [6.07, 6.45) is 3.26. The molecule has 0 aliphatic carbocycles. The van der Waals surface area contributed by atoms with Gasteiger partial charge in [-0.1, -0.05) is 12.7 Å². The van der Waals surface area contributed by atoms with Gasteiger partial charge in [-0.05, 0) is 6.07 Å². The van der Waals surface area contributed by atoms with E-state index in [1.54, 1.807) is 25.4 Å². The molecule has 17 heavy (non-hydrogen) atoms. The number of pyridine rings is 1. The summed E-state index contributed by atoms with van der Waals surface area (Å²) in [5, 5.41) is 0.801. The maximum Gasteiger partial charge on any atom is 0.348 e. The van der Waals surface area contributed by atoms with Crippen LogP contribution in [0.3, 0.4) is 0 Å². The number of thiophene rings is 1. The summed E-state index contributed by atoms with van der Waals surface area (Å²) in [5.41, 5.74) is 0.710. The Hall–Kier alpha value is -1.88. The highest BCUT2D eigenvalue weighted by Gasteiger charge is 2.20. The van der Waals surface area contributed by atoms with Crippen LogP contribution >= 0.6 is 11.3 Å². The molecule has 0 radical (unpaired) electrons. The lowest BCUT2D eigenvalue weighted by molar-refractivity contribution is 0.0606. The second-order valence-corrected chi connectivity index (χ2v) is 4.23. The molecule has 0 fully saturated rings. The summed E-state index contributed by atoms with van der Waals surface area (Å²) in [4.78, 5) is 17.1. The summed E-state index contributed by atoms with van der Waals surface area (Å²) in [5.74, 6) is 0.293. The summed E-state index contributed by atoms with van der Waals surface area (Å²) >= 11 is 1.27. The van der Waals surface area contributed by atoms with Gasteiger partial charge in [0, 0.05) is 11.8 Å². The summed E-state index contributed by atoms with van der Waals surface area (Å²) in [6, 6.07) is 1.75. The Kier molecular flexibility index (Phi) is 3.10. The molecule has 0 saturated carbocycles. The summed E-state index contributed by atoms with van der Waals surface area (Å²) in [7, 11) is 2.93. The molecule has 0 spiro atoms. The SMILES string of the molecule is C=Cc1c(C(=O)OC)sc2nccc(OC)c12. The van der Waals surface area contributed by atoms with Crippen LogP contribution in [0.4, 0.5) is 0 Å². The number of esters is 1. The van der Waals surface area contributed by atoms with Crippen LogP contribution in [0.2, 0.25) is 0 Å². The molecule has 5 heteroatoms. The van der Waals surface area contributed by atoms with Crippen molar-refractivity contribution in [3.8, 4) is 5.75 Å². The molecule has 0 bridgehead atoms. The van der Waals surface area contributed by atoms with Gasteiger partial charge in [0.2, 0.25) is 0 Å². The lowest BCUT2D eigenvalue weighted by atomic mass is 10.1. The molecular formula is C12H11NO3S. The van der Waals surface area contributed by atoms with Crippen LogP contribution in [-0.4, -0.2) is 25.2 Å². The zero-order valence-corrected chi connectivity index (χ0v) is 10.3. The molecule has 2 aromatic heterocycles. The van der Waals surface area contributed by atoms with Crippen molar-refractivity contribution in [2.24, 2.45) is 0 Å². The number of nitrogens with zero attached hydrogens (tertiary/aromatic N) is 1. The predicted molar refractivity (Wildman–Crippen MR) is 67.6 cm³/mol. The Bertz CT molecular complexity index is 589. The fourth-order valence-electron chi connectivity index (χ4n) is 1.63. The maximum atomic E-state index is 11.6. The standard InChI is InChI=1S/C12H11NO3S/c1-4-7-9-8(15-2)5-6-13-11(9)17-10(7)12(14)16-3/h4-6H,1H2,2-3H3. The largest absolute Gasteiger partial charge is 0.496 e. The van der Waals surface area contributed by atoms with Crippen molar-refractivity contribution in [2.75, 3.05) is 14.2 Å². The highest BCUT2D eigenvalue weighted by Crippen LogP contribution is 2.36. The van der Waals surface area contributed by atoms with Gasteiger partial charge in [-0.3, -0.25) is 0 Å². The van der Waals surface area contributed by atoms with Gasteiger partial charge >= 0.3 is 5.97 Å². The van der Waals surface area contributed by atoms with E-state index >= 15 is 0 Å². The van der Waals surface area contributed by atoms with Gasteiger partial charge in [-0.15, -0.1) is 11.3 Å². The maximum absolute atomic E-state index is 11.6. The van der Waals surface area contributed by atoms with E-state index in [0.29, 0.717) is 16.2 Å². The molecule has 0 saturated heterocycles. The summed E-state index contributed by atoms with van der Waals surface area (Å²) < 4.78 is 10.0. The minimum absolute atomic E-state index is 0.384. The van der Waals surface area contributed by atoms with Gasteiger partial charge in [0.15, 0.2) is 0 Å². The zero-order valence-electron chi connectivity index (χ0n) is 9.52. The van der Waals surface area contributed by atoms with Gasteiger partial charge in [-0.25, -0.2) is 9.78 Å². The normalized spacial score (nSPS) is 10.2. The molecule has 0 amide bonds. The lowest BCUT2D eigenvalue weighted by Crippen LogP contribution is -1.99. The molecule has 2 rings (SSSR count). The van der Waals surface area contributed by atoms with Crippen molar-refractivity contribution < 1.29 is 14.3 Å². The van der Waals surface area contributed by atoms with E-state index in [4.69, 9.17) is 9.47 Å². The number of fused-ring (bicyclic) bond motifs is 1. The van der Waals surface area contributed by atoms with Crippen LogP contribution in [0.1, 0.15) is 15.2 Å². The first kappa shape index (κ1) is 11.6. The lowest BCUT2D eigenvalue weighted by Gasteiger charge is -2.02. The highest BCUT2D eigenvalue weighted by molar-refractivity contribution is 7.20. The van der Waals surface area contributed by atoms with Crippen molar-refractivity contribution in [3.63, 3.8) is 0 Å². The number of hydrogen-bond acceptors (Lipinski definition) is 5. The third-order valence-electron chi connectivity index (χ3n) is 2.39. The fraction of sp³-hybridized carbons (Fsp3) is 0.167. The number of methoxy groups -OCH3 is 2. The van der Waals surface area contributed by atoms with Gasteiger partial charge in [-0.2, -0.15) is 0 Å². The van der Waals surface area contributed by atoms with E-state index in [0.717, 1.165) is 10.2 Å². The minimum atomic E-state index is -0.384. The molecule has 88 valence electrons. The number of aromatic nitrogens is 1. The van der Waals surface area contributed by atoms with Crippen molar-refractivity contribution in [2.45, 2.75) is 0 Å². The number of carbonyl (C=O) groups excluding carboxylic acids is 1. The third-order valence-corrected chi connectivity index (χ3v) is 3.48. The number of hydrogen-bond donors (Lipinski definition) is 0. The molecular weight excluding hydrogens is 238 g/mol. The Labute approximate surface area is 102 Å². The van der Waals surface area contributed by atoms with Crippen LogP contribution in [0, 0.1) is 0 Å². The fourth-order valence-corrected chi connectivity index (χ4v) is 2.71. The highest BCUT2D eigenvalue weighted by atomic mass is 32.1. The molecule has 2 heterocycles. The Balaban J connectivity index is 2.80. The first-order chi connectivity index (χ1) is 8.22. The van der Waals surface area contributed by atoms with E-state index in [2.05, 4.69) is 11.6 Å². The van der Waals surface area contributed by atoms with Crippen molar-refractivity contribution >= 4 is 33.6 Å². The van der Waals surface area contributed by atoms with Crippen LogP contribution in [0.25, 0.3) is 16.3 Å². The van der Waals surface area contributed by atoms with Gasteiger partial charge in [0.1, 0.15) is 15.5 Å². The Morgan fingerprint density at radius 3 is 2.88 bits per heavy atom. The van der Waals surface area contributed by atoms with E-state index in [-0.39, 0.29) is 5.97 Å². The Morgan fingerprint density at radius 1 is 1.53 bits per heavy atom. The second-order valence-electron chi connectivity index (χ2n) is 3.23. The molecule has 2 aromatic rings.